The highest BCUT2D eigenvalue weighted by Crippen LogP contribution is 2.31. The molecule has 1 aliphatic heterocycles. The van der Waals surface area contributed by atoms with Crippen LogP contribution in [0, 0.1) is 0 Å². The third-order valence-electron chi connectivity index (χ3n) is 6.42. The van der Waals surface area contributed by atoms with Gasteiger partial charge in [0.1, 0.15) is 5.82 Å². The number of nitrogens with zero attached hydrogens (tertiary/aromatic N) is 3. The molecule has 0 radical (unpaired) electrons. The second kappa shape index (κ2) is 10.3. The summed E-state index contributed by atoms with van der Waals surface area (Å²) in [6.45, 7) is 4.55. The van der Waals surface area contributed by atoms with Crippen LogP contribution in [-0.2, 0) is 22.6 Å². The molecule has 0 unspecified atom stereocenters. The molecule has 5 rings (SSSR count). The third-order valence-corrected chi connectivity index (χ3v) is 8.62. The maximum atomic E-state index is 13.0. The minimum Gasteiger partial charge on any atom is -0.353 e. The van der Waals surface area contributed by atoms with Crippen LogP contribution in [0.3, 0.4) is 0 Å². The van der Waals surface area contributed by atoms with Crippen molar-refractivity contribution >= 4 is 43.1 Å². The van der Waals surface area contributed by atoms with Crippen LogP contribution in [0.2, 0.25) is 0 Å². The van der Waals surface area contributed by atoms with Crippen LogP contribution in [0.25, 0.3) is 10.1 Å². The Labute approximate surface area is 217 Å². The zero-order chi connectivity index (χ0) is 26.0. The minimum absolute atomic E-state index is 0.297. The standard InChI is InChI=1S/C26H25F3N4O2S2/c27-26(28,29)20-4-3-5-22(18-20)37(34,35)31-21-10-8-19(9-11-21)12-13-32-14-16-33(17-15-32)25-23-6-1-2-7-24(23)36-30-25/h1-11,18,31H,12-17H2. The molecule has 0 atom stereocenters. The Bertz CT molecular complexity index is 1480. The normalized spacial score (nSPS) is 15.3. The van der Waals surface area contributed by atoms with E-state index >= 15 is 0 Å². The zero-order valence-electron chi connectivity index (χ0n) is 19.8. The number of aromatic nitrogens is 1. The maximum Gasteiger partial charge on any atom is 0.416 e. The van der Waals surface area contributed by atoms with Crippen LogP contribution in [0.5, 0.6) is 0 Å². The van der Waals surface area contributed by atoms with Crippen LogP contribution in [0.1, 0.15) is 11.1 Å². The number of anilines is 2. The van der Waals surface area contributed by atoms with Crippen molar-refractivity contribution in [2.24, 2.45) is 0 Å². The van der Waals surface area contributed by atoms with E-state index in [4.69, 9.17) is 0 Å². The molecular formula is C26H25F3N4O2S2. The molecule has 1 N–H and O–H groups in total. The first-order chi connectivity index (χ1) is 17.7. The summed E-state index contributed by atoms with van der Waals surface area (Å²) in [7, 11) is -4.14. The Kier molecular flexibility index (Phi) is 7.11. The number of nitrogens with one attached hydrogen (secondary N) is 1. The van der Waals surface area contributed by atoms with Crippen LogP contribution in [0.4, 0.5) is 24.7 Å². The molecule has 0 bridgehead atoms. The average Bonchev–Trinajstić information content (AvgIpc) is 3.32. The topological polar surface area (TPSA) is 65.5 Å². The summed E-state index contributed by atoms with van der Waals surface area (Å²) in [5, 5.41) is 1.20. The molecule has 37 heavy (non-hydrogen) atoms. The minimum atomic E-state index is -4.62. The van der Waals surface area contributed by atoms with E-state index in [1.165, 1.54) is 21.6 Å². The van der Waals surface area contributed by atoms with E-state index in [0.29, 0.717) is 11.8 Å². The first-order valence-corrected chi connectivity index (χ1v) is 14.1. The Balaban J connectivity index is 1.14. The molecule has 0 amide bonds. The van der Waals surface area contributed by atoms with Crippen LogP contribution >= 0.6 is 11.5 Å². The molecule has 6 nitrogen and oxygen atoms in total. The first-order valence-electron chi connectivity index (χ1n) is 11.8. The molecule has 0 aliphatic carbocycles. The van der Waals surface area contributed by atoms with Crippen molar-refractivity contribution in [1.82, 2.24) is 9.27 Å². The Morgan fingerprint density at radius 3 is 2.38 bits per heavy atom. The lowest BCUT2D eigenvalue weighted by atomic mass is 10.1. The van der Waals surface area contributed by atoms with Crippen molar-refractivity contribution in [3.8, 4) is 0 Å². The van der Waals surface area contributed by atoms with Gasteiger partial charge in [0.05, 0.1) is 15.2 Å². The average molecular weight is 547 g/mol. The highest BCUT2D eigenvalue weighted by molar-refractivity contribution is 7.92. The van der Waals surface area contributed by atoms with Crippen molar-refractivity contribution in [2.75, 3.05) is 42.3 Å². The smallest absolute Gasteiger partial charge is 0.353 e. The summed E-state index contributed by atoms with van der Waals surface area (Å²) >= 11 is 1.53. The van der Waals surface area contributed by atoms with Gasteiger partial charge in [-0.2, -0.15) is 17.5 Å². The van der Waals surface area contributed by atoms with Crippen molar-refractivity contribution < 1.29 is 21.6 Å². The fourth-order valence-electron chi connectivity index (χ4n) is 4.36. The van der Waals surface area contributed by atoms with Gasteiger partial charge in [0.15, 0.2) is 0 Å². The molecule has 2 heterocycles. The number of alkyl halides is 3. The molecule has 0 saturated carbocycles. The lowest BCUT2D eigenvalue weighted by Gasteiger charge is -2.35. The van der Waals surface area contributed by atoms with Gasteiger partial charge in [0, 0.05) is 43.8 Å². The summed E-state index contributed by atoms with van der Waals surface area (Å²) in [6.07, 6.45) is -3.81. The van der Waals surface area contributed by atoms with Crippen molar-refractivity contribution in [3.05, 3.63) is 83.9 Å². The number of rotatable bonds is 7. The Morgan fingerprint density at radius 1 is 0.919 bits per heavy atom. The van der Waals surface area contributed by atoms with Crippen molar-refractivity contribution in [3.63, 3.8) is 0 Å². The van der Waals surface area contributed by atoms with Gasteiger partial charge in [0.2, 0.25) is 0 Å². The molecule has 194 valence electrons. The fraction of sp³-hybridized carbons (Fsp3) is 0.269. The van der Waals surface area contributed by atoms with Gasteiger partial charge in [-0.3, -0.25) is 9.62 Å². The molecule has 1 fully saturated rings. The van der Waals surface area contributed by atoms with Gasteiger partial charge in [-0.1, -0.05) is 30.3 Å². The highest BCUT2D eigenvalue weighted by atomic mass is 32.2. The number of piperazine rings is 1. The summed E-state index contributed by atoms with van der Waals surface area (Å²) in [4.78, 5) is 4.30. The highest BCUT2D eigenvalue weighted by Gasteiger charge is 2.31. The Morgan fingerprint density at radius 2 is 1.65 bits per heavy atom. The number of hydrogen-bond acceptors (Lipinski definition) is 6. The molecule has 1 aliphatic rings. The van der Waals surface area contributed by atoms with E-state index in [1.807, 2.05) is 24.3 Å². The predicted molar refractivity (Wildman–Crippen MR) is 141 cm³/mol. The fourth-order valence-corrected chi connectivity index (χ4v) is 6.26. The second-order valence-corrected chi connectivity index (χ2v) is 11.4. The van der Waals surface area contributed by atoms with E-state index in [1.54, 1.807) is 12.1 Å². The van der Waals surface area contributed by atoms with Crippen LogP contribution in [-0.4, -0.2) is 50.4 Å². The number of hydrogen-bond donors (Lipinski definition) is 1. The van der Waals surface area contributed by atoms with Gasteiger partial charge in [-0.25, -0.2) is 8.42 Å². The number of fused-ring (bicyclic) bond motifs is 1. The van der Waals surface area contributed by atoms with Crippen molar-refractivity contribution in [2.45, 2.75) is 17.5 Å². The maximum absolute atomic E-state index is 13.0. The quantitative estimate of drug-likeness (QED) is 0.333. The molecule has 11 heteroatoms. The van der Waals surface area contributed by atoms with Gasteiger partial charge in [-0.15, -0.1) is 0 Å². The van der Waals surface area contributed by atoms with Gasteiger partial charge in [0.25, 0.3) is 10.0 Å². The number of sulfonamides is 1. The summed E-state index contributed by atoms with van der Waals surface area (Å²) in [6, 6.07) is 18.9. The molecule has 3 aromatic carbocycles. The van der Waals surface area contributed by atoms with E-state index in [9.17, 15) is 21.6 Å². The van der Waals surface area contributed by atoms with Crippen LogP contribution in [0.15, 0.2) is 77.7 Å². The Hall–Kier alpha value is -3.15. The van der Waals surface area contributed by atoms with E-state index in [2.05, 4.69) is 31.0 Å². The van der Waals surface area contributed by atoms with E-state index < -0.39 is 26.7 Å². The van der Waals surface area contributed by atoms with Crippen LogP contribution < -0.4 is 9.62 Å². The lowest BCUT2D eigenvalue weighted by Crippen LogP contribution is -2.47. The monoisotopic (exact) mass is 546 g/mol. The SMILES string of the molecule is O=S(=O)(Nc1ccc(CCN2CCN(c3nsc4ccccc34)CC2)cc1)c1cccc(C(F)(F)F)c1. The summed E-state index contributed by atoms with van der Waals surface area (Å²) in [5.41, 5.74) is 0.340. The predicted octanol–water partition coefficient (Wildman–Crippen LogP) is 5.48. The largest absolute Gasteiger partial charge is 0.416 e. The molecule has 4 aromatic rings. The van der Waals surface area contributed by atoms with Crippen molar-refractivity contribution in [1.29, 1.82) is 0 Å². The molecule has 1 saturated heterocycles. The molecular weight excluding hydrogens is 521 g/mol. The van der Waals surface area contributed by atoms with Gasteiger partial charge in [-0.05, 0) is 66.0 Å². The molecule has 1 aromatic heterocycles. The summed E-state index contributed by atoms with van der Waals surface area (Å²) < 4.78 is 72.2. The summed E-state index contributed by atoms with van der Waals surface area (Å²) in [5.74, 6) is 1.06. The third kappa shape index (κ3) is 5.89. The van der Waals surface area contributed by atoms with E-state index in [0.717, 1.165) is 68.7 Å². The van der Waals surface area contributed by atoms with Gasteiger partial charge < -0.3 is 4.90 Å². The number of halogens is 3. The zero-order valence-corrected chi connectivity index (χ0v) is 21.4. The second-order valence-electron chi connectivity index (χ2n) is 8.91. The molecule has 0 spiro atoms. The van der Waals surface area contributed by atoms with Gasteiger partial charge >= 0.3 is 6.18 Å². The number of benzene rings is 3. The lowest BCUT2D eigenvalue weighted by molar-refractivity contribution is -0.137. The van der Waals surface area contributed by atoms with E-state index in [-0.39, 0.29) is 0 Å². The first kappa shape index (κ1) is 25.5.